The van der Waals surface area contributed by atoms with Crippen LogP contribution < -0.4 is 16.4 Å². The van der Waals surface area contributed by atoms with E-state index in [1.54, 1.807) is 23.0 Å². The highest BCUT2D eigenvalue weighted by Gasteiger charge is 2.00. The van der Waals surface area contributed by atoms with Gasteiger partial charge in [-0.05, 0) is 24.3 Å². The van der Waals surface area contributed by atoms with E-state index in [1.807, 2.05) is 19.2 Å². The molecule has 2 amide bonds. The Morgan fingerprint density at radius 1 is 1.33 bits per heavy atom. The molecule has 0 radical (unpaired) electrons. The number of hydrogen-bond acceptors (Lipinski definition) is 4. The molecular formula is C11H14N6O. The minimum atomic E-state index is -0.573. The normalized spacial score (nSPS) is 10.1. The van der Waals surface area contributed by atoms with Crippen molar-refractivity contribution in [2.45, 2.75) is 6.54 Å². The Kier molecular flexibility index (Phi) is 3.42. The van der Waals surface area contributed by atoms with E-state index in [0.717, 1.165) is 11.4 Å². The molecule has 0 aliphatic heterocycles. The molecule has 0 saturated heterocycles. The molecule has 0 saturated carbocycles. The van der Waals surface area contributed by atoms with Crippen LogP contribution in [-0.2, 0) is 13.6 Å². The summed E-state index contributed by atoms with van der Waals surface area (Å²) in [4.78, 5) is 10.7. The van der Waals surface area contributed by atoms with Crippen molar-refractivity contribution in [3.63, 3.8) is 0 Å². The molecule has 2 aromatic rings. The van der Waals surface area contributed by atoms with E-state index in [2.05, 4.69) is 20.9 Å². The smallest absolute Gasteiger partial charge is 0.316 e. The van der Waals surface area contributed by atoms with Gasteiger partial charge in [0.05, 0.1) is 18.4 Å². The zero-order valence-electron chi connectivity index (χ0n) is 9.92. The van der Waals surface area contributed by atoms with Crippen molar-refractivity contribution < 1.29 is 4.79 Å². The zero-order valence-corrected chi connectivity index (χ0v) is 9.92. The summed E-state index contributed by atoms with van der Waals surface area (Å²) < 4.78 is 1.70. The van der Waals surface area contributed by atoms with Crippen molar-refractivity contribution in [2.75, 3.05) is 10.6 Å². The fraction of sp³-hybridized carbons (Fsp3) is 0.182. The minimum absolute atomic E-state index is 0.573. The highest BCUT2D eigenvalue weighted by molar-refractivity contribution is 5.87. The average Bonchev–Trinajstić information content (AvgIpc) is 2.73. The molecule has 0 fully saturated rings. The van der Waals surface area contributed by atoms with Gasteiger partial charge in [-0.3, -0.25) is 4.68 Å². The van der Waals surface area contributed by atoms with Crippen molar-refractivity contribution in [2.24, 2.45) is 12.8 Å². The number of urea groups is 1. The van der Waals surface area contributed by atoms with E-state index >= 15 is 0 Å². The highest BCUT2D eigenvalue weighted by Crippen LogP contribution is 2.14. The number of carbonyl (C=O) groups is 1. The monoisotopic (exact) mass is 246 g/mol. The summed E-state index contributed by atoms with van der Waals surface area (Å²) in [6, 6.07) is 6.68. The van der Waals surface area contributed by atoms with Crippen LogP contribution in [0.25, 0.3) is 0 Å². The van der Waals surface area contributed by atoms with E-state index in [4.69, 9.17) is 5.73 Å². The molecule has 1 aromatic heterocycles. The standard InChI is InChI=1S/C11H14N6O/c1-17-10(7-14-16-17)6-13-8-2-4-9(5-3-8)15-11(12)18/h2-5,7,13H,6H2,1H3,(H3,12,15,18). The second-order valence-corrected chi connectivity index (χ2v) is 3.77. The Labute approximate surface area is 104 Å². The summed E-state index contributed by atoms with van der Waals surface area (Å²) in [5.74, 6) is 0. The molecule has 0 atom stereocenters. The SMILES string of the molecule is Cn1nncc1CNc1ccc(NC(N)=O)cc1. The lowest BCUT2D eigenvalue weighted by Gasteiger charge is -2.07. The van der Waals surface area contributed by atoms with Crippen LogP contribution in [0, 0.1) is 0 Å². The largest absolute Gasteiger partial charge is 0.379 e. The van der Waals surface area contributed by atoms with Gasteiger partial charge in [-0.25, -0.2) is 4.79 Å². The van der Waals surface area contributed by atoms with Gasteiger partial charge < -0.3 is 16.4 Å². The molecule has 1 heterocycles. The van der Waals surface area contributed by atoms with Crippen LogP contribution >= 0.6 is 0 Å². The van der Waals surface area contributed by atoms with Gasteiger partial charge in [0.25, 0.3) is 0 Å². The van der Waals surface area contributed by atoms with Gasteiger partial charge in [0.1, 0.15) is 0 Å². The fourth-order valence-electron chi connectivity index (χ4n) is 1.48. The molecule has 0 bridgehead atoms. The van der Waals surface area contributed by atoms with Crippen molar-refractivity contribution >= 4 is 17.4 Å². The summed E-state index contributed by atoms with van der Waals surface area (Å²) in [6.45, 7) is 0.631. The zero-order chi connectivity index (χ0) is 13.0. The van der Waals surface area contributed by atoms with E-state index in [9.17, 15) is 4.79 Å². The lowest BCUT2D eigenvalue weighted by molar-refractivity contribution is 0.259. The molecule has 7 heteroatoms. The molecule has 94 valence electrons. The third-order valence-corrected chi connectivity index (χ3v) is 2.43. The first-order valence-corrected chi connectivity index (χ1v) is 5.39. The van der Waals surface area contributed by atoms with Crippen molar-refractivity contribution in [3.05, 3.63) is 36.2 Å². The van der Waals surface area contributed by atoms with E-state index in [0.29, 0.717) is 12.2 Å². The van der Waals surface area contributed by atoms with E-state index in [1.165, 1.54) is 0 Å². The van der Waals surface area contributed by atoms with Crippen LogP contribution in [0.3, 0.4) is 0 Å². The summed E-state index contributed by atoms with van der Waals surface area (Å²) in [5.41, 5.74) is 7.60. The predicted octanol–water partition coefficient (Wildman–Crippen LogP) is 0.918. The molecule has 4 N–H and O–H groups in total. The Morgan fingerprint density at radius 3 is 2.56 bits per heavy atom. The molecule has 7 nitrogen and oxygen atoms in total. The first-order valence-electron chi connectivity index (χ1n) is 5.39. The van der Waals surface area contributed by atoms with Crippen LogP contribution in [0.4, 0.5) is 16.2 Å². The molecule has 0 aliphatic carbocycles. The number of rotatable bonds is 4. The number of nitrogens with zero attached hydrogens (tertiary/aromatic N) is 3. The lowest BCUT2D eigenvalue weighted by atomic mass is 10.2. The summed E-state index contributed by atoms with van der Waals surface area (Å²) in [7, 11) is 1.84. The molecule has 1 aromatic carbocycles. The van der Waals surface area contributed by atoms with Crippen LogP contribution in [0.5, 0.6) is 0 Å². The number of benzene rings is 1. The first-order chi connectivity index (χ1) is 8.65. The van der Waals surface area contributed by atoms with Gasteiger partial charge in [0.2, 0.25) is 0 Å². The predicted molar refractivity (Wildman–Crippen MR) is 68.0 cm³/mol. The number of primary amides is 1. The van der Waals surface area contributed by atoms with Crippen LogP contribution in [0.15, 0.2) is 30.5 Å². The first kappa shape index (κ1) is 11.9. The van der Waals surface area contributed by atoms with Gasteiger partial charge in [0.15, 0.2) is 0 Å². The Hall–Kier alpha value is -2.57. The van der Waals surface area contributed by atoms with E-state index in [-0.39, 0.29) is 0 Å². The fourth-order valence-corrected chi connectivity index (χ4v) is 1.48. The van der Waals surface area contributed by atoms with Crippen molar-refractivity contribution in [1.82, 2.24) is 15.0 Å². The Bertz CT molecular complexity index is 533. The second-order valence-electron chi connectivity index (χ2n) is 3.77. The molecule has 2 rings (SSSR count). The Balaban J connectivity index is 1.94. The minimum Gasteiger partial charge on any atom is -0.379 e. The van der Waals surface area contributed by atoms with Crippen LogP contribution in [-0.4, -0.2) is 21.0 Å². The topological polar surface area (TPSA) is 97.9 Å². The van der Waals surface area contributed by atoms with Crippen LogP contribution in [0.2, 0.25) is 0 Å². The number of hydrogen-bond donors (Lipinski definition) is 3. The van der Waals surface area contributed by atoms with Gasteiger partial charge in [-0.15, -0.1) is 5.10 Å². The maximum absolute atomic E-state index is 10.7. The van der Waals surface area contributed by atoms with Gasteiger partial charge in [-0.1, -0.05) is 5.21 Å². The molecule has 18 heavy (non-hydrogen) atoms. The second kappa shape index (κ2) is 5.17. The number of amides is 2. The number of anilines is 2. The van der Waals surface area contributed by atoms with Crippen molar-refractivity contribution in [1.29, 1.82) is 0 Å². The number of carbonyl (C=O) groups excluding carboxylic acids is 1. The quantitative estimate of drug-likeness (QED) is 0.747. The summed E-state index contributed by atoms with van der Waals surface area (Å²) in [5, 5.41) is 13.4. The number of nitrogens with one attached hydrogen (secondary N) is 2. The van der Waals surface area contributed by atoms with Crippen molar-refractivity contribution in [3.8, 4) is 0 Å². The number of aromatic nitrogens is 3. The number of aryl methyl sites for hydroxylation is 1. The average molecular weight is 246 g/mol. The van der Waals surface area contributed by atoms with Gasteiger partial charge in [0, 0.05) is 18.4 Å². The molecule has 0 unspecified atom stereocenters. The maximum Gasteiger partial charge on any atom is 0.316 e. The summed E-state index contributed by atoms with van der Waals surface area (Å²) >= 11 is 0. The van der Waals surface area contributed by atoms with Crippen LogP contribution in [0.1, 0.15) is 5.69 Å². The molecule has 0 spiro atoms. The molecule has 0 aliphatic rings. The van der Waals surface area contributed by atoms with Gasteiger partial charge in [-0.2, -0.15) is 0 Å². The number of nitrogens with two attached hydrogens (primary N) is 1. The van der Waals surface area contributed by atoms with Gasteiger partial charge >= 0.3 is 6.03 Å². The Morgan fingerprint density at radius 2 is 2.00 bits per heavy atom. The summed E-state index contributed by atoms with van der Waals surface area (Å²) in [6.07, 6.45) is 1.70. The molecular weight excluding hydrogens is 232 g/mol. The highest BCUT2D eigenvalue weighted by atomic mass is 16.2. The van der Waals surface area contributed by atoms with E-state index < -0.39 is 6.03 Å². The third-order valence-electron chi connectivity index (χ3n) is 2.43. The third kappa shape index (κ3) is 2.97. The maximum atomic E-state index is 10.7. The lowest BCUT2D eigenvalue weighted by Crippen LogP contribution is -2.19.